The maximum atomic E-state index is 12.0. The van der Waals surface area contributed by atoms with Crippen molar-refractivity contribution in [2.75, 3.05) is 5.73 Å². The first-order valence-electron chi connectivity index (χ1n) is 6.21. The summed E-state index contributed by atoms with van der Waals surface area (Å²) >= 11 is 0. The van der Waals surface area contributed by atoms with Crippen molar-refractivity contribution in [3.8, 4) is 0 Å². The van der Waals surface area contributed by atoms with Gasteiger partial charge in [-0.1, -0.05) is 6.07 Å². The number of H-pyrrole nitrogens is 1. The smallest absolute Gasteiger partial charge is 0.291 e. The number of nitrogens with zero attached hydrogens (tertiary/aromatic N) is 2. The van der Waals surface area contributed by atoms with Crippen LogP contribution in [0.15, 0.2) is 18.2 Å². The van der Waals surface area contributed by atoms with Crippen molar-refractivity contribution >= 4 is 11.6 Å². The van der Waals surface area contributed by atoms with E-state index in [1.807, 2.05) is 18.2 Å². The molecule has 3 rings (SSSR count). The monoisotopic (exact) mass is 257 g/mol. The van der Waals surface area contributed by atoms with Crippen LogP contribution in [0.4, 0.5) is 5.69 Å². The van der Waals surface area contributed by atoms with Crippen molar-refractivity contribution in [1.82, 2.24) is 20.5 Å². The number of carbonyl (C=O) groups is 1. The Morgan fingerprint density at radius 1 is 1.53 bits per heavy atom. The maximum Gasteiger partial charge on any atom is 0.291 e. The molecule has 0 saturated carbocycles. The van der Waals surface area contributed by atoms with Crippen molar-refractivity contribution < 1.29 is 4.79 Å². The summed E-state index contributed by atoms with van der Waals surface area (Å²) in [6, 6.07) is 5.83. The van der Waals surface area contributed by atoms with Gasteiger partial charge in [-0.25, -0.2) is 4.98 Å². The van der Waals surface area contributed by atoms with Gasteiger partial charge in [-0.15, -0.1) is 5.10 Å². The van der Waals surface area contributed by atoms with Crippen LogP contribution in [0, 0.1) is 6.92 Å². The number of fused-ring (bicyclic) bond motifs is 1. The van der Waals surface area contributed by atoms with E-state index >= 15 is 0 Å². The van der Waals surface area contributed by atoms with Crippen molar-refractivity contribution in [3.05, 3.63) is 41.0 Å². The Bertz CT molecular complexity index is 634. The maximum absolute atomic E-state index is 12.0. The van der Waals surface area contributed by atoms with Crippen LogP contribution in [0.1, 0.15) is 40.0 Å². The van der Waals surface area contributed by atoms with Crippen LogP contribution < -0.4 is 11.1 Å². The molecule has 1 aromatic carbocycles. The molecule has 0 aliphatic heterocycles. The summed E-state index contributed by atoms with van der Waals surface area (Å²) in [7, 11) is 0. The van der Waals surface area contributed by atoms with Gasteiger partial charge in [-0.3, -0.25) is 9.89 Å². The van der Waals surface area contributed by atoms with E-state index in [2.05, 4.69) is 20.5 Å². The highest BCUT2D eigenvalue weighted by Gasteiger charge is 2.25. The summed E-state index contributed by atoms with van der Waals surface area (Å²) in [5.74, 6) is 0.560. The molecule has 1 aliphatic carbocycles. The lowest BCUT2D eigenvalue weighted by Gasteiger charge is -2.12. The van der Waals surface area contributed by atoms with Gasteiger partial charge in [0.25, 0.3) is 5.91 Å². The number of aryl methyl sites for hydroxylation is 2. The SMILES string of the molecule is Cc1nc(C(=O)NC2CCc3cc(N)ccc32)n[nH]1. The minimum Gasteiger partial charge on any atom is -0.399 e. The number of carbonyl (C=O) groups excluding carboxylic acids is 1. The number of benzene rings is 1. The molecule has 6 heteroatoms. The fourth-order valence-electron chi connectivity index (χ4n) is 2.45. The van der Waals surface area contributed by atoms with Gasteiger partial charge < -0.3 is 11.1 Å². The molecule has 1 atom stereocenters. The van der Waals surface area contributed by atoms with E-state index in [-0.39, 0.29) is 17.8 Å². The molecule has 2 aromatic rings. The van der Waals surface area contributed by atoms with E-state index in [4.69, 9.17) is 5.73 Å². The van der Waals surface area contributed by atoms with Crippen LogP contribution in [0.25, 0.3) is 0 Å². The van der Waals surface area contributed by atoms with E-state index in [1.54, 1.807) is 6.92 Å². The Morgan fingerprint density at radius 2 is 2.37 bits per heavy atom. The molecule has 1 aromatic heterocycles. The molecular weight excluding hydrogens is 242 g/mol. The van der Waals surface area contributed by atoms with Crippen molar-refractivity contribution in [3.63, 3.8) is 0 Å². The molecule has 98 valence electrons. The first kappa shape index (κ1) is 11.7. The summed E-state index contributed by atoms with van der Waals surface area (Å²) < 4.78 is 0. The second-order valence-corrected chi connectivity index (χ2v) is 4.77. The summed E-state index contributed by atoms with van der Waals surface area (Å²) in [5.41, 5.74) is 8.86. The number of amides is 1. The molecule has 0 spiro atoms. The number of nitrogen functional groups attached to an aromatic ring is 1. The zero-order chi connectivity index (χ0) is 13.4. The predicted octanol–water partition coefficient (Wildman–Crippen LogP) is 1.11. The number of hydrogen-bond donors (Lipinski definition) is 3. The highest BCUT2D eigenvalue weighted by atomic mass is 16.2. The lowest BCUT2D eigenvalue weighted by molar-refractivity contribution is 0.0926. The quantitative estimate of drug-likeness (QED) is 0.702. The Kier molecular flexibility index (Phi) is 2.70. The second kappa shape index (κ2) is 4.38. The molecule has 1 aliphatic rings. The average molecular weight is 257 g/mol. The minimum atomic E-state index is -0.251. The molecule has 0 bridgehead atoms. The second-order valence-electron chi connectivity index (χ2n) is 4.77. The fraction of sp³-hybridized carbons (Fsp3) is 0.308. The van der Waals surface area contributed by atoms with E-state index in [0.29, 0.717) is 5.82 Å². The zero-order valence-corrected chi connectivity index (χ0v) is 10.6. The Hall–Kier alpha value is -2.37. The molecule has 0 radical (unpaired) electrons. The standard InChI is InChI=1S/C13H15N5O/c1-7-15-12(18-17-7)13(19)16-11-5-2-8-6-9(14)3-4-10(8)11/h3-4,6,11H,2,5,14H2,1H3,(H,16,19)(H,15,17,18). The Morgan fingerprint density at radius 3 is 3.11 bits per heavy atom. The molecule has 6 nitrogen and oxygen atoms in total. The lowest BCUT2D eigenvalue weighted by atomic mass is 10.1. The topological polar surface area (TPSA) is 96.7 Å². The number of aromatic nitrogens is 3. The number of anilines is 1. The van der Waals surface area contributed by atoms with Gasteiger partial charge in [0.05, 0.1) is 6.04 Å². The highest BCUT2D eigenvalue weighted by molar-refractivity contribution is 5.90. The van der Waals surface area contributed by atoms with Crippen LogP contribution in [-0.4, -0.2) is 21.1 Å². The number of rotatable bonds is 2. The molecule has 19 heavy (non-hydrogen) atoms. The summed E-state index contributed by atoms with van der Waals surface area (Å²) in [6.45, 7) is 1.76. The third-order valence-corrected chi connectivity index (χ3v) is 3.35. The molecule has 1 unspecified atom stereocenters. The van der Waals surface area contributed by atoms with E-state index in [9.17, 15) is 4.79 Å². The Balaban J connectivity index is 1.78. The fourth-order valence-corrected chi connectivity index (χ4v) is 2.45. The van der Waals surface area contributed by atoms with Crippen LogP contribution in [0.3, 0.4) is 0 Å². The molecule has 4 N–H and O–H groups in total. The number of hydrogen-bond acceptors (Lipinski definition) is 4. The molecule has 1 amide bonds. The van der Waals surface area contributed by atoms with Gasteiger partial charge in [0, 0.05) is 5.69 Å². The van der Waals surface area contributed by atoms with Crippen LogP contribution in [0.5, 0.6) is 0 Å². The van der Waals surface area contributed by atoms with Gasteiger partial charge in [0.1, 0.15) is 5.82 Å². The van der Waals surface area contributed by atoms with Gasteiger partial charge in [0.2, 0.25) is 5.82 Å². The van der Waals surface area contributed by atoms with Gasteiger partial charge >= 0.3 is 0 Å². The third kappa shape index (κ3) is 2.16. The largest absolute Gasteiger partial charge is 0.399 e. The van der Waals surface area contributed by atoms with Crippen LogP contribution in [0.2, 0.25) is 0 Å². The molecule has 0 saturated heterocycles. The molecular formula is C13H15N5O. The van der Waals surface area contributed by atoms with Crippen LogP contribution >= 0.6 is 0 Å². The predicted molar refractivity (Wildman–Crippen MR) is 70.5 cm³/mol. The first-order valence-corrected chi connectivity index (χ1v) is 6.21. The zero-order valence-electron chi connectivity index (χ0n) is 10.6. The number of nitrogens with one attached hydrogen (secondary N) is 2. The summed E-state index contributed by atoms with van der Waals surface area (Å²) in [4.78, 5) is 16.0. The van der Waals surface area contributed by atoms with Gasteiger partial charge in [0.15, 0.2) is 0 Å². The van der Waals surface area contributed by atoms with Crippen LogP contribution in [-0.2, 0) is 6.42 Å². The third-order valence-electron chi connectivity index (χ3n) is 3.35. The summed E-state index contributed by atoms with van der Waals surface area (Å²) in [6.07, 6.45) is 1.81. The summed E-state index contributed by atoms with van der Waals surface area (Å²) in [5, 5.41) is 9.48. The van der Waals surface area contributed by atoms with Crippen molar-refractivity contribution in [2.45, 2.75) is 25.8 Å². The van der Waals surface area contributed by atoms with Gasteiger partial charge in [-0.2, -0.15) is 0 Å². The van der Waals surface area contributed by atoms with E-state index in [1.165, 1.54) is 5.56 Å². The van der Waals surface area contributed by atoms with E-state index < -0.39 is 0 Å². The Labute approximate surface area is 110 Å². The number of nitrogens with two attached hydrogens (primary N) is 1. The lowest BCUT2D eigenvalue weighted by Crippen LogP contribution is -2.28. The molecule has 1 heterocycles. The van der Waals surface area contributed by atoms with Crippen molar-refractivity contribution in [2.24, 2.45) is 0 Å². The average Bonchev–Trinajstić information content (AvgIpc) is 2.96. The number of aromatic amines is 1. The minimum absolute atomic E-state index is 0.0157. The van der Waals surface area contributed by atoms with Crippen molar-refractivity contribution in [1.29, 1.82) is 0 Å². The molecule has 0 fully saturated rings. The van der Waals surface area contributed by atoms with E-state index in [0.717, 1.165) is 24.1 Å². The first-order chi connectivity index (χ1) is 9.13. The van der Waals surface area contributed by atoms with Gasteiger partial charge in [-0.05, 0) is 43.0 Å². The normalized spacial score (nSPS) is 17.2. The highest BCUT2D eigenvalue weighted by Crippen LogP contribution is 2.32.